The first-order valence-electron chi connectivity index (χ1n) is 8.82. The normalized spacial score (nSPS) is 10.5. The fourth-order valence-electron chi connectivity index (χ4n) is 2.36. The van der Waals surface area contributed by atoms with Gasteiger partial charge in [0, 0.05) is 0 Å². The van der Waals surface area contributed by atoms with E-state index in [1.54, 1.807) is 18.2 Å². The lowest BCUT2D eigenvalue weighted by Gasteiger charge is -2.15. The van der Waals surface area contributed by atoms with Crippen molar-refractivity contribution in [2.24, 2.45) is 0 Å². The summed E-state index contributed by atoms with van der Waals surface area (Å²) in [6.07, 6.45) is 8.84. The summed E-state index contributed by atoms with van der Waals surface area (Å²) < 4.78 is 11.5. The number of ether oxygens (including phenoxy) is 2. The fraction of sp³-hybridized carbons (Fsp3) is 0.632. The first kappa shape index (κ1) is 19.3. The van der Waals surface area contributed by atoms with Crippen molar-refractivity contribution >= 4 is 5.97 Å². The van der Waals surface area contributed by atoms with Gasteiger partial charge < -0.3 is 14.6 Å². The molecule has 0 aliphatic carbocycles. The molecule has 0 heterocycles. The number of carboxylic acid groups (broad SMARTS) is 1. The van der Waals surface area contributed by atoms with Gasteiger partial charge in [-0.05, 0) is 25.0 Å². The van der Waals surface area contributed by atoms with E-state index in [0.29, 0.717) is 24.7 Å². The van der Waals surface area contributed by atoms with Gasteiger partial charge in [-0.1, -0.05) is 58.4 Å². The van der Waals surface area contributed by atoms with Gasteiger partial charge in [-0.3, -0.25) is 0 Å². The largest absolute Gasteiger partial charge is 0.490 e. The highest BCUT2D eigenvalue weighted by atomic mass is 16.5. The number of carboxylic acids is 1. The van der Waals surface area contributed by atoms with Crippen molar-refractivity contribution in [3.8, 4) is 11.5 Å². The van der Waals surface area contributed by atoms with Gasteiger partial charge in [0.25, 0.3) is 0 Å². The number of para-hydroxylation sites is 1. The zero-order valence-corrected chi connectivity index (χ0v) is 14.5. The second kappa shape index (κ2) is 11.8. The lowest BCUT2D eigenvalue weighted by molar-refractivity contribution is 0.0691. The molecular weight excluding hydrogens is 292 g/mol. The van der Waals surface area contributed by atoms with Crippen LogP contribution >= 0.6 is 0 Å². The van der Waals surface area contributed by atoms with Crippen molar-refractivity contribution in [3.05, 3.63) is 23.8 Å². The lowest BCUT2D eigenvalue weighted by Crippen LogP contribution is -2.08. The average molecular weight is 322 g/mol. The molecule has 0 fully saturated rings. The topological polar surface area (TPSA) is 55.8 Å². The number of benzene rings is 1. The van der Waals surface area contributed by atoms with Crippen molar-refractivity contribution < 1.29 is 19.4 Å². The van der Waals surface area contributed by atoms with Crippen LogP contribution in [0.2, 0.25) is 0 Å². The second-order valence-electron chi connectivity index (χ2n) is 5.76. The quantitative estimate of drug-likeness (QED) is 0.500. The molecule has 1 aromatic carbocycles. The van der Waals surface area contributed by atoms with Gasteiger partial charge in [0.05, 0.1) is 13.2 Å². The molecule has 0 saturated heterocycles. The van der Waals surface area contributed by atoms with E-state index in [1.807, 2.05) is 0 Å². The zero-order chi connectivity index (χ0) is 16.9. The molecular formula is C19H30O4. The minimum absolute atomic E-state index is 0.173. The molecule has 0 unspecified atom stereocenters. The van der Waals surface area contributed by atoms with E-state index in [-0.39, 0.29) is 5.56 Å². The summed E-state index contributed by atoms with van der Waals surface area (Å²) in [6, 6.07) is 5.05. The van der Waals surface area contributed by atoms with Crippen LogP contribution in [0.25, 0.3) is 0 Å². The van der Waals surface area contributed by atoms with Crippen LogP contribution < -0.4 is 9.47 Å². The number of hydrogen-bond acceptors (Lipinski definition) is 3. The number of rotatable bonds is 13. The van der Waals surface area contributed by atoms with Crippen molar-refractivity contribution in [3.63, 3.8) is 0 Å². The monoisotopic (exact) mass is 322 g/mol. The van der Waals surface area contributed by atoms with E-state index in [9.17, 15) is 9.90 Å². The predicted octanol–water partition coefficient (Wildman–Crippen LogP) is 5.30. The Morgan fingerprint density at radius 1 is 0.913 bits per heavy atom. The molecule has 1 rings (SSSR count). The molecule has 0 atom stereocenters. The summed E-state index contributed by atoms with van der Waals surface area (Å²) in [7, 11) is 0. The van der Waals surface area contributed by atoms with E-state index in [4.69, 9.17) is 9.47 Å². The van der Waals surface area contributed by atoms with Gasteiger partial charge >= 0.3 is 5.97 Å². The van der Waals surface area contributed by atoms with Crippen LogP contribution in [-0.2, 0) is 0 Å². The van der Waals surface area contributed by atoms with E-state index in [1.165, 1.54) is 19.3 Å². The van der Waals surface area contributed by atoms with Gasteiger partial charge in [-0.2, -0.15) is 0 Å². The molecule has 0 aromatic heterocycles. The molecule has 1 aromatic rings. The van der Waals surface area contributed by atoms with Crippen LogP contribution in [0.3, 0.4) is 0 Å². The molecule has 0 amide bonds. The van der Waals surface area contributed by atoms with Gasteiger partial charge in [0.2, 0.25) is 0 Å². The molecule has 0 spiro atoms. The van der Waals surface area contributed by atoms with E-state index < -0.39 is 5.97 Å². The van der Waals surface area contributed by atoms with Crippen molar-refractivity contribution in [1.82, 2.24) is 0 Å². The lowest BCUT2D eigenvalue weighted by atomic mass is 10.1. The minimum Gasteiger partial charge on any atom is -0.490 e. The van der Waals surface area contributed by atoms with Gasteiger partial charge in [-0.25, -0.2) is 4.79 Å². The Kier molecular flexibility index (Phi) is 9.92. The molecule has 130 valence electrons. The van der Waals surface area contributed by atoms with E-state index >= 15 is 0 Å². The molecule has 0 bridgehead atoms. The van der Waals surface area contributed by atoms with Crippen LogP contribution in [-0.4, -0.2) is 24.3 Å². The molecule has 1 N–H and O–H groups in total. The molecule has 4 heteroatoms. The molecule has 0 aliphatic rings. The van der Waals surface area contributed by atoms with Crippen LogP contribution in [0, 0.1) is 0 Å². The summed E-state index contributed by atoms with van der Waals surface area (Å²) in [5.74, 6) is -0.0751. The fourth-order valence-corrected chi connectivity index (χ4v) is 2.36. The minimum atomic E-state index is -0.981. The highest BCUT2D eigenvalue weighted by Gasteiger charge is 2.16. The number of unbranched alkanes of at least 4 members (excludes halogenated alkanes) is 6. The third-order valence-electron chi connectivity index (χ3n) is 3.71. The summed E-state index contributed by atoms with van der Waals surface area (Å²) >= 11 is 0. The standard InChI is InChI=1S/C19H30O4/c1-3-5-7-9-14-22-17-13-11-12-16(19(20)21)18(17)23-15-10-8-6-4-2/h11-13H,3-10,14-15H2,1-2H3,(H,20,21). The maximum Gasteiger partial charge on any atom is 0.339 e. The third-order valence-corrected chi connectivity index (χ3v) is 3.71. The Morgan fingerprint density at radius 3 is 2.09 bits per heavy atom. The molecule has 4 nitrogen and oxygen atoms in total. The van der Waals surface area contributed by atoms with E-state index in [2.05, 4.69) is 13.8 Å². The van der Waals surface area contributed by atoms with Crippen molar-refractivity contribution in [2.75, 3.05) is 13.2 Å². The van der Waals surface area contributed by atoms with Crippen molar-refractivity contribution in [2.45, 2.75) is 65.2 Å². The number of hydrogen-bond donors (Lipinski definition) is 1. The highest BCUT2D eigenvalue weighted by Crippen LogP contribution is 2.32. The first-order valence-corrected chi connectivity index (χ1v) is 8.82. The zero-order valence-electron chi connectivity index (χ0n) is 14.5. The van der Waals surface area contributed by atoms with Crippen LogP contribution in [0.5, 0.6) is 11.5 Å². The average Bonchev–Trinajstić information content (AvgIpc) is 2.55. The van der Waals surface area contributed by atoms with E-state index in [0.717, 1.165) is 32.1 Å². The molecule has 0 radical (unpaired) electrons. The smallest absolute Gasteiger partial charge is 0.339 e. The maximum absolute atomic E-state index is 11.4. The Morgan fingerprint density at radius 2 is 1.52 bits per heavy atom. The predicted molar refractivity (Wildman–Crippen MR) is 92.7 cm³/mol. The Balaban J connectivity index is 2.63. The third kappa shape index (κ3) is 7.40. The van der Waals surface area contributed by atoms with Crippen LogP contribution in [0.15, 0.2) is 18.2 Å². The molecule has 0 saturated carbocycles. The maximum atomic E-state index is 11.4. The Bertz CT molecular complexity index is 457. The van der Waals surface area contributed by atoms with Crippen molar-refractivity contribution in [1.29, 1.82) is 0 Å². The molecule has 0 aliphatic heterocycles. The Hall–Kier alpha value is -1.71. The van der Waals surface area contributed by atoms with Crippen LogP contribution in [0.4, 0.5) is 0 Å². The summed E-state index contributed by atoms with van der Waals surface area (Å²) in [5, 5.41) is 9.34. The van der Waals surface area contributed by atoms with Gasteiger partial charge in [0.1, 0.15) is 5.56 Å². The number of aromatic carboxylic acids is 1. The Labute approximate surface area is 139 Å². The SMILES string of the molecule is CCCCCCOc1cccc(C(=O)O)c1OCCCCCC. The van der Waals surface area contributed by atoms with Gasteiger partial charge in [-0.15, -0.1) is 0 Å². The molecule has 23 heavy (non-hydrogen) atoms. The van der Waals surface area contributed by atoms with Crippen LogP contribution in [0.1, 0.15) is 75.6 Å². The first-order chi connectivity index (χ1) is 11.2. The van der Waals surface area contributed by atoms with Gasteiger partial charge in [0.15, 0.2) is 11.5 Å². The summed E-state index contributed by atoms with van der Waals surface area (Å²) in [6.45, 7) is 5.44. The summed E-state index contributed by atoms with van der Waals surface area (Å²) in [4.78, 5) is 11.4. The second-order valence-corrected chi connectivity index (χ2v) is 5.76. The highest BCUT2D eigenvalue weighted by molar-refractivity contribution is 5.92. The summed E-state index contributed by atoms with van der Waals surface area (Å²) in [5.41, 5.74) is 0.173. The number of carbonyl (C=O) groups is 1.